The van der Waals surface area contributed by atoms with Gasteiger partial charge in [0.1, 0.15) is 0 Å². The van der Waals surface area contributed by atoms with E-state index in [1.807, 2.05) is 0 Å². The van der Waals surface area contributed by atoms with Crippen molar-refractivity contribution < 1.29 is 13.2 Å². The number of carbonyl (C=O) groups excluding carboxylic acids is 1. The van der Waals surface area contributed by atoms with Crippen LogP contribution < -0.4 is 10.0 Å². The number of hydrogen-bond acceptors (Lipinski definition) is 3. The zero-order chi connectivity index (χ0) is 13.0. The minimum Gasteiger partial charge on any atom is -0.329 e. The Morgan fingerprint density at radius 3 is 2.61 bits per heavy atom. The standard InChI is InChI=1S/C12H16N2O3S/c15-9-13-11-6-3-7-12(8-11)18(16,17)14-10-4-1-2-5-10/h3,6-10,14H,1-2,4-5H2,(H,13,15). The van der Waals surface area contributed by atoms with Crippen LogP contribution in [0.25, 0.3) is 0 Å². The third kappa shape index (κ3) is 3.08. The fourth-order valence-electron chi connectivity index (χ4n) is 2.15. The summed E-state index contributed by atoms with van der Waals surface area (Å²) >= 11 is 0. The Morgan fingerprint density at radius 2 is 1.94 bits per heavy atom. The summed E-state index contributed by atoms with van der Waals surface area (Å²) in [5.74, 6) is 0. The van der Waals surface area contributed by atoms with E-state index < -0.39 is 10.0 Å². The molecule has 0 spiro atoms. The molecular formula is C12H16N2O3S. The van der Waals surface area contributed by atoms with Gasteiger partial charge in [-0.05, 0) is 31.0 Å². The number of carbonyl (C=O) groups is 1. The fourth-order valence-corrected chi connectivity index (χ4v) is 3.50. The predicted molar refractivity (Wildman–Crippen MR) is 68.7 cm³/mol. The largest absolute Gasteiger partial charge is 0.329 e. The Bertz CT molecular complexity index is 522. The first-order valence-corrected chi connectivity index (χ1v) is 7.43. The van der Waals surface area contributed by atoms with Crippen molar-refractivity contribution >= 4 is 22.1 Å². The molecule has 1 aromatic rings. The Labute approximate surface area is 107 Å². The van der Waals surface area contributed by atoms with E-state index in [1.54, 1.807) is 12.1 Å². The number of anilines is 1. The molecule has 18 heavy (non-hydrogen) atoms. The summed E-state index contributed by atoms with van der Waals surface area (Å²) in [4.78, 5) is 10.5. The molecule has 1 aromatic carbocycles. The van der Waals surface area contributed by atoms with Gasteiger partial charge in [-0.15, -0.1) is 0 Å². The maximum atomic E-state index is 12.1. The summed E-state index contributed by atoms with van der Waals surface area (Å²) in [6, 6.07) is 6.26. The zero-order valence-electron chi connectivity index (χ0n) is 9.93. The molecule has 0 saturated heterocycles. The molecule has 98 valence electrons. The SMILES string of the molecule is O=CNc1cccc(S(=O)(=O)NC2CCCC2)c1. The summed E-state index contributed by atoms with van der Waals surface area (Å²) in [5.41, 5.74) is 0.472. The van der Waals surface area contributed by atoms with Crippen molar-refractivity contribution in [2.24, 2.45) is 0 Å². The number of nitrogens with one attached hydrogen (secondary N) is 2. The van der Waals surface area contributed by atoms with Crippen molar-refractivity contribution in [2.45, 2.75) is 36.6 Å². The molecule has 1 fully saturated rings. The van der Waals surface area contributed by atoms with Gasteiger partial charge in [0, 0.05) is 11.7 Å². The highest BCUT2D eigenvalue weighted by molar-refractivity contribution is 7.89. The molecule has 6 heteroatoms. The monoisotopic (exact) mass is 268 g/mol. The summed E-state index contributed by atoms with van der Waals surface area (Å²) < 4.78 is 26.9. The highest BCUT2D eigenvalue weighted by atomic mass is 32.2. The van der Waals surface area contributed by atoms with Gasteiger partial charge in [0.2, 0.25) is 16.4 Å². The van der Waals surface area contributed by atoms with Gasteiger partial charge in [-0.2, -0.15) is 0 Å². The number of rotatable bonds is 5. The van der Waals surface area contributed by atoms with Crippen LogP contribution >= 0.6 is 0 Å². The van der Waals surface area contributed by atoms with E-state index in [9.17, 15) is 13.2 Å². The van der Waals surface area contributed by atoms with E-state index in [4.69, 9.17) is 0 Å². The Morgan fingerprint density at radius 1 is 1.22 bits per heavy atom. The van der Waals surface area contributed by atoms with Crippen molar-refractivity contribution in [3.05, 3.63) is 24.3 Å². The summed E-state index contributed by atoms with van der Waals surface area (Å²) in [6.45, 7) is 0. The van der Waals surface area contributed by atoms with Crippen molar-refractivity contribution in [1.29, 1.82) is 0 Å². The zero-order valence-corrected chi connectivity index (χ0v) is 10.7. The van der Waals surface area contributed by atoms with Crippen LogP contribution in [0.5, 0.6) is 0 Å². The van der Waals surface area contributed by atoms with Gasteiger partial charge in [0.15, 0.2) is 0 Å². The van der Waals surface area contributed by atoms with Gasteiger partial charge in [0.05, 0.1) is 4.90 Å². The molecule has 2 N–H and O–H groups in total. The molecule has 1 amide bonds. The van der Waals surface area contributed by atoms with Gasteiger partial charge < -0.3 is 5.32 Å². The van der Waals surface area contributed by atoms with Crippen LogP contribution in [0.2, 0.25) is 0 Å². The van der Waals surface area contributed by atoms with Crippen LogP contribution in [0.3, 0.4) is 0 Å². The lowest BCUT2D eigenvalue weighted by Crippen LogP contribution is -2.32. The molecule has 2 rings (SSSR count). The molecule has 0 heterocycles. The first-order valence-electron chi connectivity index (χ1n) is 5.94. The number of hydrogen-bond donors (Lipinski definition) is 2. The van der Waals surface area contributed by atoms with Crippen molar-refractivity contribution in [3.8, 4) is 0 Å². The third-order valence-corrected chi connectivity index (χ3v) is 4.57. The topological polar surface area (TPSA) is 75.3 Å². The highest BCUT2D eigenvalue weighted by Gasteiger charge is 2.22. The average molecular weight is 268 g/mol. The number of sulfonamides is 1. The molecule has 0 aliphatic heterocycles. The lowest BCUT2D eigenvalue weighted by atomic mass is 10.3. The van der Waals surface area contributed by atoms with E-state index in [0.717, 1.165) is 25.7 Å². The van der Waals surface area contributed by atoms with Crippen LogP contribution in [0.1, 0.15) is 25.7 Å². The molecule has 5 nitrogen and oxygen atoms in total. The summed E-state index contributed by atoms with van der Waals surface area (Å²) in [6.07, 6.45) is 4.45. The Balaban J connectivity index is 2.17. The first kappa shape index (κ1) is 13.0. The normalized spacial score (nSPS) is 16.7. The van der Waals surface area contributed by atoms with Crippen molar-refractivity contribution in [2.75, 3.05) is 5.32 Å². The Hall–Kier alpha value is -1.40. The van der Waals surface area contributed by atoms with Crippen LogP contribution in [-0.4, -0.2) is 20.9 Å². The minimum absolute atomic E-state index is 0.0395. The second-order valence-electron chi connectivity index (χ2n) is 4.39. The molecule has 0 atom stereocenters. The van der Waals surface area contributed by atoms with Gasteiger partial charge in [-0.25, -0.2) is 13.1 Å². The van der Waals surface area contributed by atoms with Crippen molar-refractivity contribution in [3.63, 3.8) is 0 Å². The van der Waals surface area contributed by atoms with E-state index in [-0.39, 0.29) is 10.9 Å². The maximum Gasteiger partial charge on any atom is 0.240 e. The number of benzene rings is 1. The summed E-state index contributed by atoms with van der Waals surface area (Å²) in [7, 11) is -3.49. The molecule has 0 aromatic heterocycles. The van der Waals surface area contributed by atoms with E-state index in [0.29, 0.717) is 12.1 Å². The van der Waals surface area contributed by atoms with Gasteiger partial charge in [-0.3, -0.25) is 4.79 Å². The predicted octanol–water partition coefficient (Wildman–Crippen LogP) is 1.48. The van der Waals surface area contributed by atoms with Crippen LogP contribution in [-0.2, 0) is 14.8 Å². The second kappa shape index (κ2) is 5.49. The average Bonchev–Trinajstić information content (AvgIpc) is 2.82. The molecule has 1 saturated carbocycles. The molecule has 1 aliphatic carbocycles. The van der Waals surface area contributed by atoms with E-state index in [1.165, 1.54) is 12.1 Å². The fraction of sp³-hybridized carbons (Fsp3) is 0.417. The Kier molecular flexibility index (Phi) is 3.98. The van der Waals surface area contributed by atoms with Crippen LogP contribution in [0, 0.1) is 0 Å². The molecule has 0 unspecified atom stereocenters. The van der Waals surface area contributed by atoms with Gasteiger partial charge >= 0.3 is 0 Å². The van der Waals surface area contributed by atoms with Crippen LogP contribution in [0.4, 0.5) is 5.69 Å². The van der Waals surface area contributed by atoms with Gasteiger partial charge in [0.25, 0.3) is 0 Å². The lowest BCUT2D eigenvalue weighted by molar-refractivity contribution is -0.105. The lowest BCUT2D eigenvalue weighted by Gasteiger charge is -2.13. The molecule has 1 aliphatic rings. The quantitative estimate of drug-likeness (QED) is 0.794. The molecule has 0 radical (unpaired) electrons. The molecular weight excluding hydrogens is 252 g/mol. The van der Waals surface area contributed by atoms with Crippen LogP contribution in [0.15, 0.2) is 29.2 Å². The maximum absolute atomic E-state index is 12.1. The third-order valence-electron chi connectivity index (χ3n) is 3.05. The minimum atomic E-state index is -3.49. The summed E-state index contributed by atoms with van der Waals surface area (Å²) in [5, 5.41) is 2.44. The van der Waals surface area contributed by atoms with E-state index in [2.05, 4.69) is 10.0 Å². The second-order valence-corrected chi connectivity index (χ2v) is 6.11. The van der Waals surface area contributed by atoms with E-state index >= 15 is 0 Å². The van der Waals surface area contributed by atoms with Gasteiger partial charge in [-0.1, -0.05) is 18.9 Å². The highest BCUT2D eigenvalue weighted by Crippen LogP contribution is 2.21. The van der Waals surface area contributed by atoms with Crippen molar-refractivity contribution in [1.82, 2.24) is 4.72 Å². The first-order chi connectivity index (χ1) is 8.62. The molecule has 0 bridgehead atoms. The number of amides is 1. The smallest absolute Gasteiger partial charge is 0.240 e.